The van der Waals surface area contributed by atoms with Crippen molar-refractivity contribution in [2.45, 2.75) is 37.5 Å². The van der Waals surface area contributed by atoms with E-state index in [0.717, 1.165) is 38.3 Å². The number of hydrogen-bond donors (Lipinski definition) is 1. The first-order valence-corrected chi connectivity index (χ1v) is 7.66. The second-order valence-corrected chi connectivity index (χ2v) is 5.86. The standard InChI is InChI=1S/C14H24N4O3/c1-20-7-6-18-10-15-16-14(18)11-2-4-17(5-3-11)12-8-21-9-13(12)19/h10-13,19H,2-9H2,1H3/t12-,13-/m1/s1. The third-order valence-electron chi connectivity index (χ3n) is 4.57. The van der Waals surface area contributed by atoms with E-state index in [1.165, 1.54) is 0 Å². The van der Waals surface area contributed by atoms with Crippen LogP contribution in [0.4, 0.5) is 0 Å². The lowest BCUT2D eigenvalue weighted by Gasteiger charge is -2.36. The van der Waals surface area contributed by atoms with E-state index in [-0.39, 0.29) is 12.1 Å². The van der Waals surface area contributed by atoms with Crippen molar-refractivity contribution in [3.8, 4) is 0 Å². The monoisotopic (exact) mass is 296 g/mol. The van der Waals surface area contributed by atoms with Crippen molar-refractivity contribution in [2.75, 3.05) is 40.0 Å². The highest BCUT2D eigenvalue weighted by molar-refractivity contribution is 5.00. The van der Waals surface area contributed by atoms with Crippen molar-refractivity contribution in [3.05, 3.63) is 12.2 Å². The van der Waals surface area contributed by atoms with E-state index in [1.54, 1.807) is 13.4 Å². The van der Waals surface area contributed by atoms with Crippen LogP contribution in [0.3, 0.4) is 0 Å². The highest BCUT2D eigenvalue weighted by Gasteiger charge is 2.34. The Kier molecular flexibility index (Phi) is 4.84. The van der Waals surface area contributed by atoms with Crippen LogP contribution < -0.4 is 0 Å². The summed E-state index contributed by atoms with van der Waals surface area (Å²) in [5.41, 5.74) is 0. The molecule has 0 saturated carbocycles. The second-order valence-electron chi connectivity index (χ2n) is 5.86. The molecule has 7 nitrogen and oxygen atoms in total. The number of methoxy groups -OCH3 is 1. The van der Waals surface area contributed by atoms with Gasteiger partial charge in [-0.05, 0) is 25.9 Å². The summed E-state index contributed by atoms with van der Waals surface area (Å²) in [5, 5.41) is 18.3. The molecule has 1 N–H and O–H groups in total. The summed E-state index contributed by atoms with van der Waals surface area (Å²) in [6.07, 6.45) is 3.55. The van der Waals surface area contributed by atoms with E-state index in [1.807, 2.05) is 0 Å². The van der Waals surface area contributed by atoms with Gasteiger partial charge in [0.25, 0.3) is 0 Å². The number of aliphatic hydroxyl groups is 1. The quantitative estimate of drug-likeness (QED) is 0.815. The molecule has 3 rings (SSSR count). The molecule has 1 aromatic heterocycles. The summed E-state index contributed by atoms with van der Waals surface area (Å²) >= 11 is 0. The normalized spacial score (nSPS) is 28.3. The van der Waals surface area contributed by atoms with Gasteiger partial charge in [0.15, 0.2) is 0 Å². The third-order valence-corrected chi connectivity index (χ3v) is 4.57. The van der Waals surface area contributed by atoms with E-state index >= 15 is 0 Å². The first kappa shape index (κ1) is 14.9. The molecule has 2 fully saturated rings. The Morgan fingerprint density at radius 1 is 1.38 bits per heavy atom. The molecule has 2 saturated heterocycles. The fraction of sp³-hybridized carbons (Fsp3) is 0.857. The van der Waals surface area contributed by atoms with Crippen LogP contribution in [-0.4, -0.2) is 76.9 Å². The first-order valence-electron chi connectivity index (χ1n) is 7.66. The largest absolute Gasteiger partial charge is 0.389 e. The lowest BCUT2D eigenvalue weighted by atomic mass is 9.94. The third kappa shape index (κ3) is 3.26. The number of ether oxygens (including phenoxy) is 2. The SMILES string of the molecule is COCCn1cnnc1C1CCN([C@@H]2COC[C@H]2O)CC1. The summed E-state index contributed by atoms with van der Waals surface area (Å²) in [6, 6.07) is 0.164. The van der Waals surface area contributed by atoms with Crippen LogP contribution in [-0.2, 0) is 16.0 Å². The molecule has 0 unspecified atom stereocenters. The molecule has 2 aliphatic rings. The van der Waals surface area contributed by atoms with E-state index in [2.05, 4.69) is 19.7 Å². The fourth-order valence-corrected chi connectivity index (χ4v) is 3.31. The highest BCUT2D eigenvalue weighted by atomic mass is 16.5. The minimum absolute atomic E-state index is 0.164. The first-order chi connectivity index (χ1) is 10.3. The maximum Gasteiger partial charge on any atom is 0.136 e. The Morgan fingerprint density at radius 3 is 2.86 bits per heavy atom. The van der Waals surface area contributed by atoms with Gasteiger partial charge in [-0.1, -0.05) is 0 Å². The van der Waals surface area contributed by atoms with Crippen LogP contribution in [0, 0.1) is 0 Å². The molecule has 0 amide bonds. The molecule has 0 aromatic carbocycles. The Hall–Kier alpha value is -1.02. The molecule has 0 spiro atoms. The van der Waals surface area contributed by atoms with Crippen molar-refractivity contribution in [2.24, 2.45) is 0 Å². The van der Waals surface area contributed by atoms with Crippen LogP contribution in [0.1, 0.15) is 24.6 Å². The summed E-state index contributed by atoms with van der Waals surface area (Å²) in [6.45, 7) is 4.55. The van der Waals surface area contributed by atoms with Gasteiger partial charge in [-0.15, -0.1) is 10.2 Å². The molecule has 0 bridgehead atoms. The van der Waals surface area contributed by atoms with Crippen molar-refractivity contribution >= 4 is 0 Å². The lowest BCUT2D eigenvalue weighted by Crippen LogP contribution is -2.46. The maximum atomic E-state index is 9.93. The molecule has 3 heterocycles. The number of likely N-dealkylation sites (tertiary alicyclic amines) is 1. The molecule has 118 valence electrons. The van der Waals surface area contributed by atoms with Crippen LogP contribution in [0.2, 0.25) is 0 Å². The van der Waals surface area contributed by atoms with Gasteiger partial charge < -0.3 is 19.1 Å². The summed E-state index contributed by atoms with van der Waals surface area (Å²) in [5.74, 6) is 1.51. The molecule has 0 radical (unpaired) electrons. The number of piperidine rings is 1. The Morgan fingerprint density at radius 2 is 2.19 bits per heavy atom. The molecule has 2 atom stereocenters. The minimum Gasteiger partial charge on any atom is -0.389 e. The van der Waals surface area contributed by atoms with Crippen molar-refractivity contribution in [1.82, 2.24) is 19.7 Å². The number of aromatic nitrogens is 3. The second kappa shape index (κ2) is 6.83. The average molecular weight is 296 g/mol. The number of rotatable bonds is 5. The van der Waals surface area contributed by atoms with Gasteiger partial charge in [0.2, 0.25) is 0 Å². The lowest BCUT2D eigenvalue weighted by molar-refractivity contribution is 0.0652. The molecule has 2 aliphatic heterocycles. The zero-order valence-corrected chi connectivity index (χ0v) is 12.5. The smallest absolute Gasteiger partial charge is 0.136 e. The van der Waals surface area contributed by atoms with Gasteiger partial charge in [0, 0.05) is 19.6 Å². The van der Waals surface area contributed by atoms with Crippen LogP contribution in [0.15, 0.2) is 6.33 Å². The van der Waals surface area contributed by atoms with Crippen molar-refractivity contribution in [3.63, 3.8) is 0 Å². The van der Waals surface area contributed by atoms with E-state index < -0.39 is 0 Å². The number of aliphatic hydroxyl groups excluding tert-OH is 1. The van der Waals surface area contributed by atoms with E-state index in [0.29, 0.717) is 25.7 Å². The number of nitrogens with zero attached hydrogens (tertiary/aromatic N) is 4. The van der Waals surface area contributed by atoms with Gasteiger partial charge in [-0.25, -0.2) is 0 Å². The van der Waals surface area contributed by atoms with E-state index in [4.69, 9.17) is 9.47 Å². The molecule has 0 aliphatic carbocycles. The van der Waals surface area contributed by atoms with Gasteiger partial charge in [0.1, 0.15) is 12.2 Å². The van der Waals surface area contributed by atoms with Crippen molar-refractivity contribution < 1.29 is 14.6 Å². The molecule has 1 aromatic rings. The zero-order valence-electron chi connectivity index (χ0n) is 12.5. The van der Waals surface area contributed by atoms with Crippen molar-refractivity contribution in [1.29, 1.82) is 0 Å². The highest BCUT2D eigenvalue weighted by Crippen LogP contribution is 2.29. The Balaban J connectivity index is 1.57. The molecule has 7 heteroatoms. The van der Waals surface area contributed by atoms with Gasteiger partial charge in [-0.3, -0.25) is 4.90 Å². The van der Waals surface area contributed by atoms with Gasteiger partial charge in [-0.2, -0.15) is 0 Å². The van der Waals surface area contributed by atoms with E-state index in [9.17, 15) is 5.11 Å². The molecule has 21 heavy (non-hydrogen) atoms. The fourth-order valence-electron chi connectivity index (χ4n) is 3.31. The minimum atomic E-state index is -0.341. The predicted octanol–water partition coefficient (Wildman–Crippen LogP) is -0.136. The van der Waals surface area contributed by atoms with Gasteiger partial charge in [0.05, 0.1) is 32.0 Å². The topological polar surface area (TPSA) is 72.6 Å². The predicted molar refractivity (Wildman–Crippen MR) is 76.1 cm³/mol. The maximum absolute atomic E-state index is 9.93. The van der Waals surface area contributed by atoms with Crippen LogP contribution in [0.25, 0.3) is 0 Å². The Bertz CT molecular complexity index is 445. The zero-order chi connectivity index (χ0) is 14.7. The van der Waals surface area contributed by atoms with Gasteiger partial charge >= 0.3 is 0 Å². The average Bonchev–Trinajstić information content (AvgIpc) is 3.14. The Labute approximate surface area is 124 Å². The molecular formula is C14H24N4O3. The number of hydrogen-bond acceptors (Lipinski definition) is 6. The summed E-state index contributed by atoms with van der Waals surface area (Å²) in [4.78, 5) is 2.35. The summed E-state index contributed by atoms with van der Waals surface area (Å²) in [7, 11) is 1.71. The molecular weight excluding hydrogens is 272 g/mol. The van der Waals surface area contributed by atoms with Crippen LogP contribution in [0.5, 0.6) is 0 Å². The summed E-state index contributed by atoms with van der Waals surface area (Å²) < 4.78 is 12.6. The van der Waals surface area contributed by atoms with Crippen LogP contribution >= 0.6 is 0 Å².